The molecule has 3 rings (SSSR count). The van der Waals surface area contributed by atoms with Gasteiger partial charge in [-0.25, -0.2) is 4.98 Å². The summed E-state index contributed by atoms with van der Waals surface area (Å²) in [5, 5.41) is 3.11. The molecule has 2 atom stereocenters. The summed E-state index contributed by atoms with van der Waals surface area (Å²) in [6.45, 7) is 5.46. The van der Waals surface area contributed by atoms with Crippen LogP contribution < -0.4 is 5.32 Å². The van der Waals surface area contributed by atoms with Crippen LogP contribution in [0.5, 0.6) is 0 Å². The fourth-order valence-electron chi connectivity index (χ4n) is 4.04. The Kier molecular flexibility index (Phi) is 3.76. The van der Waals surface area contributed by atoms with E-state index in [1.807, 2.05) is 0 Å². The molecule has 1 aromatic rings. The highest BCUT2D eigenvalue weighted by Gasteiger charge is 2.42. The molecule has 6 heteroatoms. The van der Waals surface area contributed by atoms with Crippen molar-refractivity contribution in [2.24, 2.45) is 11.8 Å². The van der Waals surface area contributed by atoms with Crippen LogP contribution in [-0.4, -0.2) is 16.1 Å². The quantitative estimate of drug-likeness (QED) is 0.860. The molecule has 0 amide bonds. The fourth-order valence-corrected chi connectivity index (χ4v) is 4.04. The van der Waals surface area contributed by atoms with E-state index in [0.29, 0.717) is 30.5 Å². The zero-order valence-electron chi connectivity index (χ0n) is 12.5. The molecule has 2 aliphatic rings. The average molecular weight is 301 g/mol. The van der Waals surface area contributed by atoms with Crippen molar-refractivity contribution in [3.05, 3.63) is 17.2 Å². The molecule has 3 nitrogen and oxygen atoms in total. The number of rotatable bonds is 1. The van der Waals surface area contributed by atoms with E-state index in [2.05, 4.69) is 24.1 Å². The van der Waals surface area contributed by atoms with Crippen molar-refractivity contribution in [1.82, 2.24) is 14.9 Å². The molecule has 1 saturated carbocycles. The molecular formula is C15H22F3N3. The number of hydrogen-bond acceptors (Lipinski definition) is 2. The molecule has 2 unspecified atom stereocenters. The lowest BCUT2D eigenvalue weighted by Gasteiger charge is -2.34. The molecule has 1 aliphatic heterocycles. The van der Waals surface area contributed by atoms with Gasteiger partial charge in [0.2, 0.25) is 5.82 Å². The largest absolute Gasteiger partial charge is 0.449 e. The number of alkyl halides is 3. The van der Waals surface area contributed by atoms with Crippen LogP contribution in [0.15, 0.2) is 0 Å². The smallest absolute Gasteiger partial charge is 0.321 e. The molecule has 1 fully saturated rings. The van der Waals surface area contributed by atoms with Crippen LogP contribution >= 0.6 is 0 Å². The zero-order valence-corrected chi connectivity index (χ0v) is 12.5. The molecular weight excluding hydrogens is 279 g/mol. The van der Waals surface area contributed by atoms with Gasteiger partial charge in [-0.15, -0.1) is 0 Å². The molecule has 2 heterocycles. The monoisotopic (exact) mass is 301 g/mol. The summed E-state index contributed by atoms with van der Waals surface area (Å²) >= 11 is 0. The third kappa shape index (κ3) is 2.82. The van der Waals surface area contributed by atoms with E-state index in [-0.39, 0.29) is 6.04 Å². The van der Waals surface area contributed by atoms with Crippen molar-refractivity contribution in [3.8, 4) is 0 Å². The van der Waals surface area contributed by atoms with Gasteiger partial charge in [0, 0.05) is 31.2 Å². The number of aromatic nitrogens is 2. The summed E-state index contributed by atoms with van der Waals surface area (Å²) in [5.41, 5.74) is 1.38. The van der Waals surface area contributed by atoms with Crippen LogP contribution in [0, 0.1) is 11.8 Å². The van der Waals surface area contributed by atoms with Crippen molar-refractivity contribution in [3.63, 3.8) is 0 Å². The summed E-state index contributed by atoms with van der Waals surface area (Å²) in [5.74, 6) is 0.252. The van der Waals surface area contributed by atoms with Gasteiger partial charge in [0.1, 0.15) is 0 Å². The third-order valence-electron chi connectivity index (χ3n) is 4.70. The zero-order chi connectivity index (χ0) is 15.2. The van der Waals surface area contributed by atoms with E-state index < -0.39 is 12.0 Å². The molecule has 0 aromatic carbocycles. The fraction of sp³-hybridized carbons (Fsp3) is 0.800. The van der Waals surface area contributed by atoms with E-state index in [4.69, 9.17) is 0 Å². The molecule has 1 N–H and O–H groups in total. The van der Waals surface area contributed by atoms with Crippen molar-refractivity contribution in [1.29, 1.82) is 0 Å². The van der Waals surface area contributed by atoms with E-state index in [0.717, 1.165) is 31.5 Å². The maximum absolute atomic E-state index is 13.4. The molecule has 1 aliphatic carbocycles. The minimum Gasteiger partial charge on any atom is -0.321 e. The molecule has 0 bridgehead atoms. The van der Waals surface area contributed by atoms with Crippen molar-refractivity contribution in [2.45, 2.75) is 58.3 Å². The molecule has 1 aromatic heterocycles. The van der Waals surface area contributed by atoms with Gasteiger partial charge in [-0.05, 0) is 31.1 Å². The highest BCUT2D eigenvalue weighted by Crippen LogP contribution is 2.41. The lowest BCUT2D eigenvalue weighted by molar-refractivity contribution is -0.148. The standard InChI is InChI=1S/C15H22F3N3/c1-9-5-10(2)7-11(6-9)21-13-3-4-19-8-12(13)20-14(21)15(16,17)18/h9-11,19H,3-8H2,1-2H3. The Hall–Kier alpha value is -1.04. The second kappa shape index (κ2) is 5.30. The van der Waals surface area contributed by atoms with Gasteiger partial charge in [-0.2, -0.15) is 13.2 Å². The van der Waals surface area contributed by atoms with E-state index in [1.165, 1.54) is 4.57 Å². The number of fused-ring (bicyclic) bond motifs is 1. The van der Waals surface area contributed by atoms with Gasteiger partial charge in [0.15, 0.2) is 0 Å². The third-order valence-corrected chi connectivity index (χ3v) is 4.70. The highest BCUT2D eigenvalue weighted by molar-refractivity contribution is 5.23. The van der Waals surface area contributed by atoms with Gasteiger partial charge in [-0.1, -0.05) is 13.8 Å². The first-order chi connectivity index (χ1) is 9.86. The Bertz CT molecular complexity index is 511. The SMILES string of the molecule is CC1CC(C)CC(n2c(C(F)(F)F)nc3c2CCNC3)C1. The number of nitrogens with zero attached hydrogens (tertiary/aromatic N) is 2. The molecule has 0 saturated heterocycles. The summed E-state index contributed by atoms with van der Waals surface area (Å²) < 4.78 is 41.7. The minimum atomic E-state index is -4.37. The lowest BCUT2D eigenvalue weighted by atomic mass is 9.80. The summed E-state index contributed by atoms with van der Waals surface area (Å²) in [6, 6.07) is -0.0604. The first-order valence-corrected chi connectivity index (χ1v) is 7.74. The second-order valence-electron chi connectivity index (χ2n) is 6.69. The van der Waals surface area contributed by atoms with E-state index in [1.54, 1.807) is 0 Å². The Morgan fingerprint density at radius 2 is 1.81 bits per heavy atom. The molecule has 21 heavy (non-hydrogen) atoms. The Morgan fingerprint density at radius 3 is 2.43 bits per heavy atom. The van der Waals surface area contributed by atoms with Crippen molar-refractivity contribution < 1.29 is 13.2 Å². The van der Waals surface area contributed by atoms with Crippen LogP contribution in [0.1, 0.15) is 56.4 Å². The highest BCUT2D eigenvalue weighted by atomic mass is 19.4. The Balaban J connectivity index is 2.05. The molecule has 0 spiro atoms. The normalized spacial score (nSPS) is 30.2. The second-order valence-corrected chi connectivity index (χ2v) is 6.69. The average Bonchev–Trinajstić information content (AvgIpc) is 2.76. The Labute approximate surface area is 122 Å². The van der Waals surface area contributed by atoms with E-state index in [9.17, 15) is 13.2 Å². The number of hydrogen-bond donors (Lipinski definition) is 1. The maximum atomic E-state index is 13.4. The number of imidazole rings is 1. The van der Waals surface area contributed by atoms with Crippen molar-refractivity contribution >= 4 is 0 Å². The Morgan fingerprint density at radius 1 is 1.14 bits per heavy atom. The summed E-state index contributed by atoms with van der Waals surface area (Å²) in [7, 11) is 0. The van der Waals surface area contributed by atoms with Gasteiger partial charge < -0.3 is 9.88 Å². The predicted octanol–water partition coefficient (Wildman–Crippen LogP) is 3.54. The van der Waals surface area contributed by atoms with Crippen LogP contribution in [0.2, 0.25) is 0 Å². The van der Waals surface area contributed by atoms with Crippen LogP contribution in [-0.2, 0) is 19.1 Å². The predicted molar refractivity (Wildman–Crippen MR) is 73.9 cm³/mol. The van der Waals surface area contributed by atoms with Crippen LogP contribution in [0.3, 0.4) is 0 Å². The first kappa shape index (κ1) is 14.9. The van der Waals surface area contributed by atoms with E-state index >= 15 is 0 Å². The maximum Gasteiger partial charge on any atom is 0.449 e. The first-order valence-electron chi connectivity index (χ1n) is 7.74. The molecule has 0 radical (unpaired) electrons. The van der Waals surface area contributed by atoms with Gasteiger partial charge in [-0.3, -0.25) is 0 Å². The van der Waals surface area contributed by atoms with Gasteiger partial charge in [0.25, 0.3) is 0 Å². The summed E-state index contributed by atoms with van der Waals surface area (Å²) in [6.07, 6.45) is -0.984. The van der Waals surface area contributed by atoms with Gasteiger partial charge >= 0.3 is 6.18 Å². The lowest BCUT2D eigenvalue weighted by Crippen LogP contribution is -2.30. The number of nitrogens with one attached hydrogen (secondary N) is 1. The van der Waals surface area contributed by atoms with Crippen LogP contribution in [0.4, 0.5) is 13.2 Å². The van der Waals surface area contributed by atoms with Gasteiger partial charge in [0.05, 0.1) is 5.69 Å². The minimum absolute atomic E-state index is 0.0604. The van der Waals surface area contributed by atoms with Crippen LogP contribution in [0.25, 0.3) is 0 Å². The molecule has 118 valence electrons. The topological polar surface area (TPSA) is 29.9 Å². The number of halogens is 3. The van der Waals surface area contributed by atoms with Crippen molar-refractivity contribution in [2.75, 3.05) is 6.54 Å². The summed E-state index contributed by atoms with van der Waals surface area (Å²) in [4.78, 5) is 3.92.